The Labute approximate surface area is 308 Å². The van der Waals surface area contributed by atoms with Crippen LogP contribution in [0.15, 0.2) is 48.6 Å². The molecule has 51 heavy (non-hydrogen) atoms. The lowest BCUT2D eigenvalue weighted by atomic mass is 9.63. The molecule has 0 radical (unpaired) electrons. The summed E-state index contributed by atoms with van der Waals surface area (Å²) >= 11 is 6.37. The summed E-state index contributed by atoms with van der Waals surface area (Å²) in [6.45, 7) is 7.52. The molecule has 0 spiro atoms. The lowest BCUT2D eigenvalue weighted by Gasteiger charge is -2.50. The van der Waals surface area contributed by atoms with E-state index in [2.05, 4.69) is 9.62 Å². The number of carbonyl (C=O) groups is 2. The van der Waals surface area contributed by atoms with Gasteiger partial charge in [-0.05, 0) is 112 Å². The minimum absolute atomic E-state index is 0.0265. The Bertz CT molecular complexity index is 1700. The van der Waals surface area contributed by atoms with Crippen molar-refractivity contribution in [1.82, 2.24) is 9.62 Å². The molecule has 1 fully saturated rings. The number of aryl methyl sites for hydroxylation is 1. The summed E-state index contributed by atoms with van der Waals surface area (Å²) in [4.78, 5) is 31.4. The lowest BCUT2D eigenvalue weighted by Crippen LogP contribution is -2.53. The van der Waals surface area contributed by atoms with E-state index in [1.807, 2.05) is 44.2 Å². The zero-order valence-electron chi connectivity index (χ0n) is 30.8. The third kappa shape index (κ3) is 8.92. The number of hydrogen-bond donors (Lipinski definition) is 1. The standard InChI is InChI=1S/C39H54ClN3O7S/c1-26-10-9-18-39(49-6,22-37(44)42(4)27(2)24-48-5)34-16-13-31(34)23-43-19-8-7-11-29-20-33(40)15-12-32(29)25-50-36-17-14-30(21-35(36)43)38(45)41-51(46,47)28(26)3/h9,12,14-15,17-18,20-21,26-28,31,34H,7-8,10-11,13,16,19,22-25H2,1-6H3,(H,41,45)/b18-9+/t26-,27-,28+,31-,34+,39+/m0/s1. The largest absolute Gasteiger partial charge is 0.487 e. The third-order valence-corrected chi connectivity index (χ3v) is 13.6. The van der Waals surface area contributed by atoms with Crippen LogP contribution in [0.2, 0.25) is 5.02 Å². The number of ether oxygens (including phenoxy) is 3. The summed E-state index contributed by atoms with van der Waals surface area (Å²) in [5.74, 6) is -0.215. The van der Waals surface area contributed by atoms with Gasteiger partial charge in [-0.2, -0.15) is 0 Å². The normalized spacial score (nSPS) is 28.0. The monoisotopic (exact) mass is 743 g/mol. The molecule has 280 valence electrons. The maximum Gasteiger partial charge on any atom is 0.264 e. The van der Waals surface area contributed by atoms with Crippen LogP contribution in [0.1, 0.15) is 80.8 Å². The van der Waals surface area contributed by atoms with Crippen LogP contribution in [-0.2, 0) is 37.3 Å². The van der Waals surface area contributed by atoms with Crippen LogP contribution in [0.5, 0.6) is 5.75 Å². The van der Waals surface area contributed by atoms with Crippen molar-refractivity contribution < 1.29 is 32.2 Å². The van der Waals surface area contributed by atoms with Gasteiger partial charge in [-0.15, -0.1) is 0 Å². The Hall–Kier alpha value is -3.12. The fourth-order valence-electron chi connectivity index (χ4n) is 7.62. The molecule has 2 amide bonds. The van der Waals surface area contributed by atoms with Crippen LogP contribution >= 0.6 is 11.6 Å². The zero-order chi connectivity index (χ0) is 36.9. The second kappa shape index (κ2) is 16.7. The highest BCUT2D eigenvalue weighted by Gasteiger charge is 2.49. The molecule has 1 aliphatic carbocycles. The first kappa shape index (κ1) is 39.1. The van der Waals surface area contributed by atoms with E-state index in [1.54, 1.807) is 51.3 Å². The molecule has 2 aromatic rings. The molecule has 0 aromatic heterocycles. The van der Waals surface area contributed by atoms with Crippen LogP contribution < -0.4 is 14.4 Å². The highest BCUT2D eigenvalue weighted by Crippen LogP contribution is 2.48. The number of methoxy groups -OCH3 is 2. The van der Waals surface area contributed by atoms with E-state index in [1.165, 1.54) is 0 Å². The number of rotatable bonds is 6. The molecule has 3 aliphatic rings. The summed E-state index contributed by atoms with van der Waals surface area (Å²) in [6, 6.07) is 10.9. The average Bonchev–Trinajstić information content (AvgIpc) is 3.11. The van der Waals surface area contributed by atoms with E-state index < -0.39 is 26.8 Å². The molecule has 5 rings (SSSR count). The Morgan fingerprint density at radius 1 is 1.14 bits per heavy atom. The van der Waals surface area contributed by atoms with Gasteiger partial charge in [0.25, 0.3) is 5.91 Å². The SMILES string of the molecule is COC[C@H](C)N(C)C(=O)C[C@]1(OC)/C=C/C[C@H](C)[C@@H](C)S(=O)(=O)NC(=O)c2ccc3c(c2)N(CCCCc2cc(Cl)ccc2CO3)C[C@@H]2CC[C@H]21. The third-order valence-electron chi connectivity index (χ3n) is 11.4. The first-order chi connectivity index (χ1) is 24.3. The fraction of sp³-hybridized carbons (Fsp3) is 0.590. The van der Waals surface area contributed by atoms with Crippen LogP contribution in [-0.4, -0.2) is 83.0 Å². The molecule has 2 aliphatic heterocycles. The number of carbonyl (C=O) groups excluding carboxylic acids is 2. The molecular formula is C39H54ClN3O7S. The first-order valence-electron chi connectivity index (χ1n) is 18.1. The van der Waals surface area contributed by atoms with Crippen LogP contribution in [0.3, 0.4) is 0 Å². The lowest BCUT2D eigenvalue weighted by molar-refractivity contribution is -0.144. The highest BCUT2D eigenvalue weighted by atomic mass is 35.5. The maximum atomic E-state index is 13.9. The van der Waals surface area contributed by atoms with Gasteiger partial charge in [0.1, 0.15) is 12.4 Å². The van der Waals surface area contributed by atoms with Crippen molar-refractivity contribution in [3.05, 3.63) is 70.3 Å². The zero-order valence-corrected chi connectivity index (χ0v) is 32.4. The van der Waals surface area contributed by atoms with Gasteiger partial charge in [0.05, 0.1) is 35.6 Å². The maximum absolute atomic E-state index is 13.9. The molecule has 1 saturated carbocycles. The second-order valence-corrected chi connectivity index (χ2v) is 17.1. The number of anilines is 1. The van der Waals surface area contributed by atoms with E-state index in [9.17, 15) is 18.0 Å². The Kier molecular flexibility index (Phi) is 12.8. The molecule has 1 N–H and O–H groups in total. The summed E-state index contributed by atoms with van der Waals surface area (Å²) in [5.41, 5.74) is 2.28. The number of fused-ring (bicyclic) bond motifs is 3. The number of sulfonamides is 1. The van der Waals surface area contributed by atoms with Crippen molar-refractivity contribution in [2.45, 2.75) is 89.2 Å². The predicted octanol–water partition coefficient (Wildman–Crippen LogP) is 6.40. The van der Waals surface area contributed by atoms with Crippen molar-refractivity contribution in [1.29, 1.82) is 0 Å². The number of nitrogens with zero attached hydrogens (tertiary/aromatic N) is 2. The van der Waals surface area contributed by atoms with Crippen molar-refractivity contribution in [3.8, 4) is 5.75 Å². The molecule has 2 bridgehead atoms. The number of benzene rings is 2. The molecule has 10 nitrogen and oxygen atoms in total. The van der Waals surface area contributed by atoms with Crippen LogP contribution in [0.25, 0.3) is 0 Å². The minimum atomic E-state index is -4.02. The van der Waals surface area contributed by atoms with Gasteiger partial charge in [-0.25, -0.2) is 13.1 Å². The van der Waals surface area contributed by atoms with Gasteiger partial charge in [0, 0.05) is 44.9 Å². The molecule has 2 aromatic carbocycles. The molecule has 0 unspecified atom stereocenters. The Balaban J connectivity index is 1.57. The van der Waals surface area contributed by atoms with Gasteiger partial charge in [-0.3, -0.25) is 9.59 Å². The van der Waals surface area contributed by atoms with Crippen LogP contribution in [0.4, 0.5) is 5.69 Å². The smallest absolute Gasteiger partial charge is 0.264 e. The fourth-order valence-corrected chi connectivity index (χ4v) is 9.10. The minimum Gasteiger partial charge on any atom is -0.487 e. The predicted molar refractivity (Wildman–Crippen MR) is 201 cm³/mol. The molecule has 0 saturated heterocycles. The van der Waals surface area contributed by atoms with E-state index in [-0.39, 0.29) is 41.7 Å². The molecule has 2 heterocycles. The van der Waals surface area contributed by atoms with Gasteiger partial charge < -0.3 is 24.0 Å². The van der Waals surface area contributed by atoms with Crippen molar-refractivity contribution >= 4 is 39.1 Å². The topological polar surface area (TPSA) is 114 Å². The van der Waals surface area contributed by atoms with E-state index in [4.69, 9.17) is 25.8 Å². The highest BCUT2D eigenvalue weighted by molar-refractivity contribution is 7.90. The molecular weight excluding hydrogens is 690 g/mol. The Morgan fingerprint density at radius 2 is 1.92 bits per heavy atom. The van der Waals surface area contributed by atoms with Gasteiger partial charge in [0.2, 0.25) is 15.9 Å². The van der Waals surface area contributed by atoms with Crippen molar-refractivity contribution in [2.75, 3.05) is 45.9 Å². The second-order valence-electron chi connectivity index (χ2n) is 14.7. The number of amides is 2. The number of nitrogens with one attached hydrogen (secondary N) is 1. The van der Waals surface area contributed by atoms with Gasteiger partial charge in [0.15, 0.2) is 0 Å². The summed E-state index contributed by atoms with van der Waals surface area (Å²) in [5, 5.41) is -0.169. The van der Waals surface area contributed by atoms with Crippen molar-refractivity contribution in [2.24, 2.45) is 17.8 Å². The molecule has 6 atom stereocenters. The molecule has 12 heteroatoms. The van der Waals surface area contributed by atoms with E-state index >= 15 is 0 Å². The Morgan fingerprint density at radius 3 is 2.63 bits per heavy atom. The summed E-state index contributed by atoms with van der Waals surface area (Å²) in [6.07, 6.45) is 9.02. The average molecular weight is 744 g/mol. The van der Waals surface area contributed by atoms with Crippen LogP contribution in [0, 0.1) is 17.8 Å². The number of halogens is 1. The summed E-state index contributed by atoms with van der Waals surface area (Å²) in [7, 11) is 1.07. The first-order valence-corrected chi connectivity index (χ1v) is 20.0. The van der Waals surface area contributed by atoms with Gasteiger partial charge in [-0.1, -0.05) is 36.7 Å². The van der Waals surface area contributed by atoms with Crippen molar-refractivity contribution in [3.63, 3.8) is 0 Å². The number of hydrogen-bond acceptors (Lipinski definition) is 8. The quantitative estimate of drug-likeness (QED) is 0.339. The number of allylic oxidation sites excluding steroid dienone is 1. The summed E-state index contributed by atoms with van der Waals surface area (Å²) < 4.78 is 47.6. The van der Waals surface area contributed by atoms with E-state index in [0.717, 1.165) is 48.9 Å². The van der Waals surface area contributed by atoms with Gasteiger partial charge >= 0.3 is 0 Å². The van der Waals surface area contributed by atoms with E-state index in [0.29, 0.717) is 43.5 Å². The number of likely N-dealkylation sites (N-methyl/N-ethyl adjacent to an activating group) is 1.